The lowest BCUT2D eigenvalue weighted by Crippen LogP contribution is -2.31. The fraction of sp³-hybridized carbons (Fsp3) is 0.333. The number of carbonyl (C=O) groups is 1. The van der Waals surface area contributed by atoms with Crippen LogP contribution in [0.1, 0.15) is 35.5 Å². The second-order valence-corrected chi connectivity index (χ2v) is 5.41. The van der Waals surface area contributed by atoms with Gasteiger partial charge in [0.15, 0.2) is 0 Å². The number of carbonyl (C=O) groups excluding carboxylic acids is 1. The minimum Gasteiger partial charge on any atom is -0.354 e. The molecule has 0 aliphatic rings. The molecule has 22 heavy (non-hydrogen) atoms. The molecule has 0 aliphatic heterocycles. The van der Waals surface area contributed by atoms with Crippen LogP contribution in [0.5, 0.6) is 0 Å². The number of anilines is 2. The maximum Gasteiger partial charge on any atom is 0.272 e. The van der Waals surface area contributed by atoms with Gasteiger partial charge in [0.05, 0.1) is 11.9 Å². The molecule has 2 aromatic rings. The van der Waals surface area contributed by atoms with Crippen molar-refractivity contribution >= 4 is 17.3 Å². The number of hydrogen-bond donors (Lipinski definition) is 1. The van der Waals surface area contributed by atoms with Gasteiger partial charge < -0.3 is 10.2 Å². The molecule has 1 amide bonds. The fourth-order valence-corrected chi connectivity index (χ4v) is 2.48. The highest BCUT2D eigenvalue weighted by atomic mass is 16.2. The second-order valence-electron chi connectivity index (χ2n) is 5.41. The lowest BCUT2D eigenvalue weighted by Gasteiger charge is -2.18. The minimum atomic E-state index is -0.0250. The summed E-state index contributed by atoms with van der Waals surface area (Å²) in [6.45, 7) is 9.47. The molecule has 0 radical (unpaired) electrons. The van der Waals surface area contributed by atoms with E-state index >= 15 is 0 Å². The molecule has 0 atom stereocenters. The molecule has 0 saturated carbocycles. The van der Waals surface area contributed by atoms with Gasteiger partial charge in [-0.3, -0.25) is 4.79 Å². The fourth-order valence-electron chi connectivity index (χ4n) is 2.48. The lowest BCUT2D eigenvalue weighted by molar-refractivity contribution is 0.0767. The van der Waals surface area contributed by atoms with E-state index in [0.717, 1.165) is 11.4 Å². The molecule has 116 valence electrons. The Bertz CT molecular complexity index is 626. The molecule has 0 bridgehead atoms. The largest absolute Gasteiger partial charge is 0.354 e. The van der Waals surface area contributed by atoms with Crippen LogP contribution in [0.15, 0.2) is 36.5 Å². The van der Waals surface area contributed by atoms with Gasteiger partial charge in [0.25, 0.3) is 5.91 Å². The Balaban J connectivity index is 2.13. The molecule has 1 aromatic heterocycles. The SMILES string of the molecule is CCN(CC)C(=O)c1ccc(Nc2cc(C)cc(C)c2)cn1. The highest BCUT2D eigenvalue weighted by molar-refractivity contribution is 5.92. The molecule has 0 spiro atoms. The molecule has 2 rings (SSSR count). The van der Waals surface area contributed by atoms with Gasteiger partial charge >= 0.3 is 0 Å². The monoisotopic (exact) mass is 297 g/mol. The summed E-state index contributed by atoms with van der Waals surface area (Å²) in [6, 6.07) is 9.96. The number of nitrogens with one attached hydrogen (secondary N) is 1. The van der Waals surface area contributed by atoms with Gasteiger partial charge in [0, 0.05) is 18.8 Å². The highest BCUT2D eigenvalue weighted by Crippen LogP contribution is 2.19. The van der Waals surface area contributed by atoms with Crippen molar-refractivity contribution in [2.45, 2.75) is 27.7 Å². The topological polar surface area (TPSA) is 45.2 Å². The van der Waals surface area contributed by atoms with Gasteiger partial charge in [0.1, 0.15) is 5.69 Å². The van der Waals surface area contributed by atoms with Crippen LogP contribution in [0, 0.1) is 13.8 Å². The number of aryl methyl sites for hydroxylation is 2. The van der Waals surface area contributed by atoms with Crippen LogP contribution in [-0.4, -0.2) is 28.9 Å². The van der Waals surface area contributed by atoms with Crippen LogP contribution in [-0.2, 0) is 0 Å². The van der Waals surface area contributed by atoms with E-state index < -0.39 is 0 Å². The van der Waals surface area contributed by atoms with E-state index in [4.69, 9.17) is 0 Å². The van der Waals surface area contributed by atoms with E-state index in [0.29, 0.717) is 18.8 Å². The summed E-state index contributed by atoms with van der Waals surface area (Å²) in [5.74, 6) is -0.0250. The van der Waals surface area contributed by atoms with Crippen LogP contribution in [0.4, 0.5) is 11.4 Å². The van der Waals surface area contributed by atoms with Gasteiger partial charge in [-0.05, 0) is 63.1 Å². The summed E-state index contributed by atoms with van der Waals surface area (Å²) in [6.07, 6.45) is 1.70. The molecule has 4 heteroatoms. The first-order valence-electron chi connectivity index (χ1n) is 7.64. The first-order chi connectivity index (χ1) is 10.5. The summed E-state index contributed by atoms with van der Waals surface area (Å²) in [5.41, 5.74) is 4.81. The molecular weight excluding hydrogens is 274 g/mol. The molecule has 0 fully saturated rings. The second kappa shape index (κ2) is 7.07. The Morgan fingerprint density at radius 1 is 1.05 bits per heavy atom. The standard InChI is InChI=1S/C18H23N3O/c1-5-21(6-2)18(22)17-8-7-15(12-19-17)20-16-10-13(3)9-14(4)11-16/h7-12,20H,5-6H2,1-4H3. The van der Waals surface area contributed by atoms with Crippen molar-refractivity contribution < 1.29 is 4.79 Å². The highest BCUT2D eigenvalue weighted by Gasteiger charge is 2.13. The normalized spacial score (nSPS) is 10.4. The van der Waals surface area contributed by atoms with E-state index in [2.05, 4.69) is 42.3 Å². The maximum absolute atomic E-state index is 12.2. The zero-order valence-corrected chi connectivity index (χ0v) is 13.7. The molecule has 1 aromatic carbocycles. The summed E-state index contributed by atoms with van der Waals surface area (Å²) < 4.78 is 0. The van der Waals surface area contributed by atoms with E-state index in [1.54, 1.807) is 17.2 Å². The number of rotatable bonds is 5. The van der Waals surface area contributed by atoms with E-state index in [9.17, 15) is 4.79 Å². The Morgan fingerprint density at radius 3 is 2.18 bits per heavy atom. The molecule has 0 aliphatic carbocycles. The third-order valence-corrected chi connectivity index (χ3v) is 3.54. The van der Waals surface area contributed by atoms with Crippen LogP contribution >= 0.6 is 0 Å². The first-order valence-corrected chi connectivity index (χ1v) is 7.64. The van der Waals surface area contributed by atoms with Crippen molar-refractivity contribution in [3.8, 4) is 0 Å². The number of pyridine rings is 1. The van der Waals surface area contributed by atoms with Crippen molar-refractivity contribution in [2.75, 3.05) is 18.4 Å². The van der Waals surface area contributed by atoms with Gasteiger partial charge in [-0.25, -0.2) is 4.98 Å². The third-order valence-electron chi connectivity index (χ3n) is 3.54. The number of amides is 1. The van der Waals surface area contributed by atoms with E-state index in [1.807, 2.05) is 19.9 Å². The van der Waals surface area contributed by atoms with Crippen LogP contribution in [0.2, 0.25) is 0 Å². The Morgan fingerprint density at radius 2 is 1.68 bits per heavy atom. The predicted molar refractivity (Wildman–Crippen MR) is 90.7 cm³/mol. The van der Waals surface area contributed by atoms with Crippen molar-refractivity contribution in [1.29, 1.82) is 0 Å². The molecular formula is C18H23N3O. The number of aromatic nitrogens is 1. The number of nitrogens with zero attached hydrogens (tertiary/aromatic N) is 2. The predicted octanol–water partition coefficient (Wildman–Crippen LogP) is 3.92. The third kappa shape index (κ3) is 3.85. The van der Waals surface area contributed by atoms with Gasteiger partial charge in [-0.2, -0.15) is 0 Å². The van der Waals surface area contributed by atoms with Crippen LogP contribution < -0.4 is 5.32 Å². The average molecular weight is 297 g/mol. The molecule has 4 nitrogen and oxygen atoms in total. The van der Waals surface area contributed by atoms with Crippen molar-refractivity contribution in [1.82, 2.24) is 9.88 Å². The minimum absolute atomic E-state index is 0.0250. The molecule has 0 unspecified atom stereocenters. The maximum atomic E-state index is 12.2. The van der Waals surface area contributed by atoms with Crippen molar-refractivity contribution in [3.63, 3.8) is 0 Å². The summed E-state index contributed by atoms with van der Waals surface area (Å²) in [7, 11) is 0. The quantitative estimate of drug-likeness (QED) is 0.909. The summed E-state index contributed by atoms with van der Waals surface area (Å²) in [4.78, 5) is 18.3. The first kappa shape index (κ1) is 16.0. The van der Waals surface area contributed by atoms with Crippen molar-refractivity contribution in [3.05, 3.63) is 53.3 Å². The zero-order valence-electron chi connectivity index (χ0n) is 13.7. The number of hydrogen-bond acceptors (Lipinski definition) is 3. The Hall–Kier alpha value is -2.36. The summed E-state index contributed by atoms with van der Waals surface area (Å²) >= 11 is 0. The Kier molecular flexibility index (Phi) is 5.15. The van der Waals surface area contributed by atoms with Gasteiger partial charge in [0.2, 0.25) is 0 Å². The van der Waals surface area contributed by atoms with Gasteiger partial charge in [-0.15, -0.1) is 0 Å². The summed E-state index contributed by atoms with van der Waals surface area (Å²) in [5, 5.41) is 3.32. The molecule has 1 N–H and O–H groups in total. The number of benzene rings is 1. The van der Waals surface area contributed by atoms with Gasteiger partial charge in [-0.1, -0.05) is 6.07 Å². The Labute approximate surface area is 132 Å². The average Bonchev–Trinajstić information content (AvgIpc) is 2.48. The molecule has 0 saturated heterocycles. The lowest BCUT2D eigenvalue weighted by atomic mass is 10.1. The van der Waals surface area contributed by atoms with Crippen LogP contribution in [0.3, 0.4) is 0 Å². The van der Waals surface area contributed by atoms with Crippen LogP contribution in [0.25, 0.3) is 0 Å². The van der Waals surface area contributed by atoms with E-state index in [1.165, 1.54) is 11.1 Å². The van der Waals surface area contributed by atoms with E-state index in [-0.39, 0.29) is 5.91 Å². The van der Waals surface area contributed by atoms with Crippen molar-refractivity contribution in [2.24, 2.45) is 0 Å². The molecule has 1 heterocycles. The smallest absolute Gasteiger partial charge is 0.272 e. The zero-order chi connectivity index (χ0) is 16.1.